The van der Waals surface area contributed by atoms with Crippen molar-refractivity contribution >= 4 is 31.5 Å². The molecule has 13 heteroatoms. The lowest BCUT2D eigenvalue weighted by Gasteiger charge is -2.28. The zero-order valence-corrected chi connectivity index (χ0v) is 29.5. The number of sulfonamides is 2. The van der Waals surface area contributed by atoms with Crippen molar-refractivity contribution in [2.45, 2.75) is 61.6 Å². The van der Waals surface area contributed by atoms with Gasteiger partial charge in [-0.1, -0.05) is 68.5 Å². The van der Waals surface area contributed by atoms with Crippen LogP contribution in [0.5, 0.6) is 5.75 Å². The number of nitrogens with zero attached hydrogens (tertiary/aromatic N) is 1. The first-order chi connectivity index (χ1) is 23.4. The number of hydrogen-bond acceptors (Lipinski definition) is 6. The van der Waals surface area contributed by atoms with E-state index in [-0.39, 0.29) is 23.7 Å². The standard InChI is InChI=1S/C37H37F3N2O6S2/c1-25(2)26-13-15-27(16-14-26)29-9-6-12-34(23-29)50(46,47)42-21-7-10-30(24-42)28-8-5-11-32(22-28)48-36(3,4)35(43)41-49(44,45)33-19-17-31(18-20-33)37(38,39)40/h5-6,8-20,22-23,25H,7,21,24H2,1-4H3,(H,41,43). The molecule has 4 aromatic rings. The second-order valence-corrected chi connectivity index (χ2v) is 16.4. The largest absolute Gasteiger partial charge is 0.478 e. The molecule has 1 heterocycles. The summed E-state index contributed by atoms with van der Waals surface area (Å²) in [4.78, 5) is 12.7. The van der Waals surface area contributed by atoms with Crippen molar-refractivity contribution in [2.24, 2.45) is 0 Å². The van der Waals surface area contributed by atoms with E-state index in [1.165, 1.54) is 23.7 Å². The predicted molar refractivity (Wildman–Crippen MR) is 185 cm³/mol. The highest BCUT2D eigenvalue weighted by molar-refractivity contribution is 7.90. The number of carbonyl (C=O) groups excluding carboxylic acids is 1. The Kier molecular flexibility index (Phi) is 10.3. The van der Waals surface area contributed by atoms with E-state index in [0.29, 0.717) is 30.0 Å². The van der Waals surface area contributed by atoms with Crippen LogP contribution in [0.25, 0.3) is 16.7 Å². The van der Waals surface area contributed by atoms with Gasteiger partial charge in [-0.3, -0.25) is 4.79 Å². The van der Waals surface area contributed by atoms with Gasteiger partial charge in [0.1, 0.15) is 5.75 Å². The lowest BCUT2D eigenvalue weighted by Crippen LogP contribution is -2.48. The highest BCUT2D eigenvalue weighted by atomic mass is 32.2. The fourth-order valence-electron chi connectivity index (χ4n) is 5.40. The Morgan fingerprint density at radius 3 is 2.08 bits per heavy atom. The summed E-state index contributed by atoms with van der Waals surface area (Å²) >= 11 is 0. The van der Waals surface area contributed by atoms with Gasteiger partial charge < -0.3 is 4.74 Å². The number of benzene rings is 4. The molecule has 0 bridgehead atoms. The van der Waals surface area contributed by atoms with Gasteiger partial charge in [-0.25, -0.2) is 21.6 Å². The van der Waals surface area contributed by atoms with Crippen molar-refractivity contribution < 1.29 is 39.5 Å². The van der Waals surface area contributed by atoms with Crippen LogP contribution in [-0.4, -0.2) is 45.7 Å². The van der Waals surface area contributed by atoms with Crippen molar-refractivity contribution in [3.63, 3.8) is 0 Å². The molecule has 0 spiro atoms. The van der Waals surface area contributed by atoms with Gasteiger partial charge in [-0.2, -0.15) is 17.5 Å². The van der Waals surface area contributed by atoms with E-state index in [0.717, 1.165) is 28.8 Å². The topological polar surface area (TPSA) is 110 Å². The van der Waals surface area contributed by atoms with Crippen molar-refractivity contribution in [3.8, 4) is 16.9 Å². The molecule has 1 amide bonds. The number of alkyl halides is 3. The van der Waals surface area contributed by atoms with Crippen LogP contribution < -0.4 is 9.46 Å². The van der Waals surface area contributed by atoms with Crippen molar-refractivity contribution in [2.75, 3.05) is 13.1 Å². The Balaban J connectivity index is 1.28. The smallest absolute Gasteiger partial charge is 0.416 e. The molecule has 0 unspecified atom stereocenters. The first-order valence-corrected chi connectivity index (χ1v) is 18.7. The number of carbonyl (C=O) groups is 1. The van der Waals surface area contributed by atoms with Crippen molar-refractivity contribution in [3.05, 3.63) is 120 Å². The van der Waals surface area contributed by atoms with Crippen LogP contribution in [0.3, 0.4) is 0 Å². The maximum atomic E-state index is 13.8. The number of hydrogen-bond donors (Lipinski definition) is 1. The van der Waals surface area contributed by atoms with Crippen LogP contribution >= 0.6 is 0 Å². The van der Waals surface area contributed by atoms with Crippen LogP contribution in [0.4, 0.5) is 13.2 Å². The molecule has 0 saturated carbocycles. The molecule has 0 atom stereocenters. The number of rotatable bonds is 10. The lowest BCUT2D eigenvalue weighted by atomic mass is 9.99. The van der Waals surface area contributed by atoms with Gasteiger partial charge in [0.2, 0.25) is 10.0 Å². The van der Waals surface area contributed by atoms with Gasteiger partial charge >= 0.3 is 6.18 Å². The summed E-state index contributed by atoms with van der Waals surface area (Å²) in [6.45, 7) is 7.29. The Morgan fingerprint density at radius 2 is 1.44 bits per heavy atom. The molecule has 5 rings (SSSR count). The van der Waals surface area contributed by atoms with E-state index in [2.05, 4.69) is 13.8 Å². The number of nitrogens with one attached hydrogen (secondary N) is 1. The molecule has 0 aromatic heterocycles. The summed E-state index contributed by atoms with van der Waals surface area (Å²) in [7, 11) is -8.37. The zero-order valence-electron chi connectivity index (χ0n) is 27.9. The van der Waals surface area contributed by atoms with E-state index < -0.39 is 48.2 Å². The average Bonchev–Trinajstić information content (AvgIpc) is 3.08. The van der Waals surface area contributed by atoms with Crippen molar-refractivity contribution in [1.82, 2.24) is 9.03 Å². The molecule has 0 aliphatic carbocycles. The second-order valence-electron chi connectivity index (χ2n) is 12.8. The maximum Gasteiger partial charge on any atom is 0.416 e. The third-order valence-corrected chi connectivity index (χ3v) is 11.5. The number of amides is 1. The molecular formula is C37H37F3N2O6S2. The predicted octanol–water partition coefficient (Wildman–Crippen LogP) is 7.64. The van der Waals surface area contributed by atoms with Gasteiger partial charge in [0.15, 0.2) is 5.60 Å². The molecule has 1 aliphatic rings. The van der Waals surface area contributed by atoms with Gasteiger partial charge in [-0.15, -0.1) is 0 Å². The minimum atomic E-state index is -4.65. The summed E-state index contributed by atoms with van der Waals surface area (Å²) in [6, 6.07) is 24.3. The average molecular weight is 727 g/mol. The molecule has 0 saturated heterocycles. The maximum absolute atomic E-state index is 13.8. The molecule has 0 radical (unpaired) electrons. The van der Waals surface area contributed by atoms with E-state index in [1.54, 1.807) is 42.5 Å². The molecule has 1 N–H and O–H groups in total. The fraction of sp³-hybridized carbons (Fsp3) is 0.270. The highest BCUT2D eigenvalue weighted by Gasteiger charge is 2.35. The Morgan fingerprint density at radius 1 is 0.800 bits per heavy atom. The van der Waals surface area contributed by atoms with Crippen LogP contribution in [0.15, 0.2) is 113 Å². The molecule has 50 heavy (non-hydrogen) atoms. The summed E-state index contributed by atoms with van der Waals surface area (Å²) < 4.78 is 101. The molecular weight excluding hydrogens is 690 g/mol. The summed E-state index contributed by atoms with van der Waals surface area (Å²) in [6.07, 6.45) is -2.25. The van der Waals surface area contributed by atoms with Crippen LogP contribution in [-0.2, 0) is 31.0 Å². The summed E-state index contributed by atoms with van der Waals surface area (Å²) in [5.41, 5.74) is 1.50. The first-order valence-electron chi connectivity index (χ1n) is 15.8. The SMILES string of the molecule is CC(C)c1ccc(-c2cccc(S(=O)(=O)N3CCC=C(c4cccc(OC(C)(C)C(=O)NS(=O)(=O)c5ccc(C(F)(F)F)cc5)c4)C3)c2)cc1. The minimum Gasteiger partial charge on any atom is -0.478 e. The van der Waals surface area contributed by atoms with Gasteiger partial charge in [0.05, 0.1) is 15.4 Å². The van der Waals surface area contributed by atoms with Gasteiger partial charge in [0.25, 0.3) is 15.9 Å². The molecule has 264 valence electrons. The lowest BCUT2D eigenvalue weighted by molar-refractivity contribution is -0.137. The molecule has 8 nitrogen and oxygen atoms in total. The first kappa shape index (κ1) is 36.8. The van der Waals surface area contributed by atoms with Gasteiger partial charge in [0, 0.05) is 13.1 Å². The van der Waals surface area contributed by atoms with E-state index >= 15 is 0 Å². The number of ether oxygens (including phenoxy) is 1. The van der Waals surface area contributed by atoms with Crippen LogP contribution in [0, 0.1) is 0 Å². The summed E-state index contributed by atoms with van der Waals surface area (Å²) in [5, 5.41) is 0. The molecule has 4 aromatic carbocycles. The van der Waals surface area contributed by atoms with Crippen LogP contribution in [0.2, 0.25) is 0 Å². The summed E-state index contributed by atoms with van der Waals surface area (Å²) in [5.74, 6) is -0.454. The van der Waals surface area contributed by atoms with Gasteiger partial charge in [-0.05, 0) is 103 Å². The van der Waals surface area contributed by atoms with E-state index in [1.807, 2.05) is 41.1 Å². The normalized spacial score (nSPS) is 14.7. The van der Waals surface area contributed by atoms with E-state index in [4.69, 9.17) is 4.74 Å². The molecule has 0 fully saturated rings. The highest BCUT2D eigenvalue weighted by Crippen LogP contribution is 2.32. The Labute approximate surface area is 290 Å². The fourth-order valence-corrected chi connectivity index (χ4v) is 7.99. The van der Waals surface area contributed by atoms with E-state index in [9.17, 15) is 34.8 Å². The number of halogens is 3. The third kappa shape index (κ3) is 8.28. The quantitative estimate of drug-likeness (QED) is 0.180. The minimum absolute atomic E-state index is 0.0916. The second kappa shape index (κ2) is 14.0. The Bertz CT molecular complexity index is 2130. The third-order valence-electron chi connectivity index (χ3n) is 8.34. The molecule has 1 aliphatic heterocycles. The monoisotopic (exact) mass is 726 g/mol. The van der Waals surface area contributed by atoms with Crippen molar-refractivity contribution in [1.29, 1.82) is 0 Å². The zero-order chi connectivity index (χ0) is 36.5. The Hall–Kier alpha value is -4.46. The van der Waals surface area contributed by atoms with Crippen LogP contribution in [0.1, 0.15) is 56.7 Å².